The Morgan fingerprint density at radius 2 is 1.80 bits per heavy atom. The second kappa shape index (κ2) is 5.29. The van der Waals surface area contributed by atoms with Crippen LogP contribution in [-0.2, 0) is 13.0 Å². The Kier molecular flexibility index (Phi) is 3.49. The molecule has 2 aromatic carbocycles. The van der Waals surface area contributed by atoms with Crippen LogP contribution in [0.2, 0.25) is 0 Å². The van der Waals surface area contributed by atoms with Gasteiger partial charge >= 0.3 is 0 Å². The van der Waals surface area contributed by atoms with Crippen LogP contribution in [0.3, 0.4) is 0 Å². The van der Waals surface area contributed by atoms with E-state index in [1.807, 2.05) is 22.8 Å². The van der Waals surface area contributed by atoms with Crippen LogP contribution in [-0.4, -0.2) is 9.55 Å². The van der Waals surface area contributed by atoms with Crippen LogP contribution in [0.5, 0.6) is 0 Å². The number of anilines is 1. The molecule has 0 amide bonds. The summed E-state index contributed by atoms with van der Waals surface area (Å²) in [6.07, 6.45) is 1.06. The summed E-state index contributed by atoms with van der Waals surface area (Å²) in [6.45, 7) is 2.90. The van der Waals surface area contributed by atoms with Crippen LogP contribution in [0.25, 0.3) is 11.0 Å². The number of hydrogen-bond donors (Lipinski definition) is 1. The lowest BCUT2D eigenvalue weighted by molar-refractivity contribution is 0.837. The molecule has 0 aliphatic heterocycles. The molecule has 3 nitrogen and oxygen atoms in total. The molecule has 0 fully saturated rings. The molecule has 20 heavy (non-hydrogen) atoms. The Balaban J connectivity index is 1.99. The van der Waals surface area contributed by atoms with Crippen molar-refractivity contribution in [3.63, 3.8) is 0 Å². The standard InChI is InChI=1S/C16H16BrN3/c1-2-11-3-5-12(6-4-11)10-20-15-8-7-13(17)9-14(15)19-16(20)18/h3-9H,2,10H2,1H3,(H2,18,19). The van der Waals surface area contributed by atoms with Gasteiger partial charge in [-0.05, 0) is 35.7 Å². The highest BCUT2D eigenvalue weighted by Gasteiger charge is 2.08. The summed E-state index contributed by atoms with van der Waals surface area (Å²) in [5, 5.41) is 0. The summed E-state index contributed by atoms with van der Waals surface area (Å²) < 4.78 is 3.06. The maximum Gasteiger partial charge on any atom is 0.201 e. The van der Waals surface area contributed by atoms with Gasteiger partial charge in [0.2, 0.25) is 5.95 Å². The largest absolute Gasteiger partial charge is 0.369 e. The summed E-state index contributed by atoms with van der Waals surface area (Å²) >= 11 is 3.46. The van der Waals surface area contributed by atoms with Crippen LogP contribution < -0.4 is 5.73 Å². The Bertz CT molecular complexity index is 744. The molecule has 1 heterocycles. The number of hydrogen-bond acceptors (Lipinski definition) is 2. The van der Waals surface area contributed by atoms with Crippen molar-refractivity contribution < 1.29 is 0 Å². The van der Waals surface area contributed by atoms with Gasteiger partial charge in [0, 0.05) is 4.47 Å². The molecule has 0 atom stereocenters. The SMILES string of the molecule is CCc1ccc(Cn2c(N)nc3cc(Br)ccc32)cc1. The van der Waals surface area contributed by atoms with E-state index in [1.165, 1.54) is 11.1 Å². The highest BCUT2D eigenvalue weighted by atomic mass is 79.9. The van der Waals surface area contributed by atoms with Crippen LogP contribution in [0.4, 0.5) is 5.95 Å². The molecular weight excluding hydrogens is 314 g/mol. The number of nitrogens with two attached hydrogens (primary N) is 1. The molecule has 0 aliphatic carbocycles. The van der Waals surface area contributed by atoms with Crippen molar-refractivity contribution in [3.8, 4) is 0 Å². The zero-order valence-electron chi connectivity index (χ0n) is 11.3. The van der Waals surface area contributed by atoms with Crippen molar-refractivity contribution in [2.75, 3.05) is 5.73 Å². The Morgan fingerprint density at radius 1 is 1.10 bits per heavy atom. The minimum absolute atomic E-state index is 0.553. The van der Waals surface area contributed by atoms with Gasteiger partial charge in [-0.1, -0.05) is 47.1 Å². The van der Waals surface area contributed by atoms with Crippen molar-refractivity contribution in [2.24, 2.45) is 0 Å². The minimum Gasteiger partial charge on any atom is -0.369 e. The van der Waals surface area contributed by atoms with E-state index in [0.29, 0.717) is 5.95 Å². The van der Waals surface area contributed by atoms with Crippen molar-refractivity contribution in [1.82, 2.24) is 9.55 Å². The number of benzene rings is 2. The van der Waals surface area contributed by atoms with Gasteiger partial charge in [0.05, 0.1) is 17.6 Å². The first-order chi connectivity index (χ1) is 9.67. The van der Waals surface area contributed by atoms with E-state index in [9.17, 15) is 0 Å². The number of aryl methyl sites for hydroxylation is 1. The van der Waals surface area contributed by atoms with Gasteiger partial charge in [0.1, 0.15) is 0 Å². The van der Waals surface area contributed by atoms with Crippen LogP contribution in [0.1, 0.15) is 18.1 Å². The van der Waals surface area contributed by atoms with Gasteiger partial charge in [-0.15, -0.1) is 0 Å². The van der Waals surface area contributed by atoms with E-state index in [2.05, 4.69) is 52.1 Å². The third kappa shape index (κ3) is 2.43. The molecule has 0 aliphatic rings. The quantitative estimate of drug-likeness (QED) is 0.789. The van der Waals surface area contributed by atoms with Gasteiger partial charge in [0.25, 0.3) is 0 Å². The zero-order chi connectivity index (χ0) is 14.1. The van der Waals surface area contributed by atoms with E-state index < -0.39 is 0 Å². The van der Waals surface area contributed by atoms with E-state index >= 15 is 0 Å². The van der Waals surface area contributed by atoms with E-state index in [1.54, 1.807) is 0 Å². The van der Waals surface area contributed by atoms with Gasteiger partial charge in [-0.2, -0.15) is 0 Å². The molecule has 0 saturated heterocycles. The first-order valence-electron chi connectivity index (χ1n) is 6.66. The van der Waals surface area contributed by atoms with E-state index in [-0.39, 0.29) is 0 Å². The summed E-state index contributed by atoms with van der Waals surface area (Å²) in [7, 11) is 0. The monoisotopic (exact) mass is 329 g/mol. The molecule has 4 heteroatoms. The van der Waals surface area contributed by atoms with Crippen molar-refractivity contribution in [3.05, 3.63) is 58.1 Å². The average molecular weight is 330 g/mol. The number of fused-ring (bicyclic) bond motifs is 1. The van der Waals surface area contributed by atoms with Crippen molar-refractivity contribution in [1.29, 1.82) is 0 Å². The van der Waals surface area contributed by atoms with Crippen LogP contribution >= 0.6 is 15.9 Å². The summed E-state index contributed by atoms with van der Waals surface area (Å²) in [5.41, 5.74) is 10.6. The fourth-order valence-corrected chi connectivity index (χ4v) is 2.70. The van der Waals surface area contributed by atoms with Gasteiger partial charge in [-0.3, -0.25) is 0 Å². The molecule has 0 radical (unpaired) electrons. The van der Waals surface area contributed by atoms with Crippen molar-refractivity contribution in [2.45, 2.75) is 19.9 Å². The first-order valence-corrected chi connectivity index (χ1v) is 7.45. The maximum atomic E-state index is 6.04. The topological polar surface area (TPSA) is 43.8 Å². The smallest absolute Gasteiger partial charge is 0.201 e. The number of aromatic nitrogens is 2. The fourth-order valence-electron chi connectivity index (χ4n) is 2.35. The molecule has 0 saturated carbocycles. The summed E-state index contributed by atoms with van der Waals surface area (Å²) in [6, 6.07) is 14.7. The number of halogens is 1. The van der Waals surface area contributed by atoms with Crippen LogP contribution in [0, 0.1) is 0 Å². The summed E-state index contributed by atoms with van der Waals surface area (Å²) in [4.78, 5) is 4.41. The van der Waals surface area contributed by atoms with Crippen molar-refractivity contribution >= 4 is 32.9 Å². The van der Waals surface area contributed by atoms with Gasteiger partial charge in [-0.25, -0.2) is 4.98 Å². The van der Waals surface area contributed by atoms with E-state index in [0.717, 1.165) is 28.5 Å². The van der Waals surface area contributed by atoms with Gasteiger partial charge in [0.15, 0.2) is 0 Å². The molecule has 0 spiro atoms. The predicted octanol–water partition coefficient (Wildman–Crippen LogP) is 3.99. The van der Waals surface area contributed by atoms with Crippen LogP contribution in [0.15, 0.2) is 46.9 Å². The molecule has 102 valence electrons. The third-order valence-electron chi connectivity index (χ3n) is 3.51. The molecule has 0 unspecified atom stereocenters. The lowest BCUT2D eigenvalue weighted by Crippen LogP contribution is -2.04. The number of nitrogen functional groups attached to an aromatic ring is 1. The molecule has 1 aromatic heterocycles. The molecule has 0 bridgehead atoms. The van der Waals surface area contributed by atoms with E-state index in [4.69, 9.17) is 5.73 Å². The predicted molar refractivity (Wildman–Crippen MR) is 86.8 cm³/mol. The minimum atomic E-state index is 0.553. The Hall–Kier alpha value is -1.81. The maximum absolute atomic E-state index is 6.04. The normalized spacial score (nSPS) is 11.1. The Labute approximate surface area is 126 Å². The second-order valence-corrected chi connectivity index (χ2v) is 5.77. The molecule has 3 rings (SSSR count). The fraction of sp³-hybridized carbons (Fsp3) is 0.188. The van der Waals surface area contributed by atoms with Gasteiger partial charge < -0.3 is 10.3 Å². The number of nitrogens with zero attached hydrogens (tertiary/aromatic N) is 2. The lowest BCUT2D eigenvalue weighted by Gasteiger charge is -2.07. The Morgan fingerprint density at radius 3 is 2.50 bits per heavy atom. The lowest BCUT2D eigenvalue weighted by atomic mass is 10.1. The molecule has 2 N–H and O–H groups in total. The summed E-state index contributed by atoms with van der Waals surface area (Å²) in [5.74, 6) is 0.553. The first kappa shape index (κ1) is 13.2. The zero-order valence-corrected chi connectivity index (χ0v) is 12.9. The number of rotatable bonds is 3. The third-order valence-corrected chi connectivity index (χ3v) is 4.00. The molecule has 3 aromatic rings. The highest BCUT2D eigenvalue weighted by molar-refractivity contribution is 9.10. The second-order valence-electron chi connectivity index (χ2n) is 4.86. The average Bonchev–Trinajstić information content (AvgIpc) is 2.75. The highest BCUT2D eigenvalue weighted by Crippen LogP contribution is 2.23. The number of imidazole rings is 1. The molecular formula is C16H16BrN3.